The molecule has 0 saturated carbocycles. The van der Waals surface area contributed by atoms with Gasteiger partial charge in [0.2, 0.25) is 0 Å². The van der Waals surface area contributed by atoms with E-state index >= 15 is 0 Å². The lowest BCUT2D eigenvalue weighted by Crippen LogP contribution is -2.30. The molecule has 0 rings (SSSR count). The molecule has 0 aromatic rings. The van der Waals surface area contributed by atoms with Crippen molar-refractivity contribution in [2.24, 2.45) is 0 Å². The van der Waals surface area contributed by atoms with Crippen LogP contribution in [-0.2, 0) is 28.6 Å². The molecular formula is C65H116O6. The Morgan fingerprint density at radius 3 is 0.873 bits per heavy atom. The maximum Gasteiger partial charge on any atom is 0.306 e. The number of rotatable bonds is 56. The Morgan fingerprint density at radius 1 is 0.282 bits per heavy atom. The first-order valence-corrected chi connectivity index (χ1v) is 30.8. The lowest BCUT2D eigenvalue weighted by atomic mass is 10.0. The average molecular weight is 994 g/mol. The fraction of sp³-hybridized carbons (Fsp3) is 0.800. The monoisotopic (exact) mass is 993 g/mol. The van der Waals surface area contributed by atoms with Gasteiger partial charge in [0.1, 0.15) is 13.2 Å². The molecule has 1 atom stereocenters. The molecule has 0 aromatic heterocycles. The van der Waals surface area contributed by atoms with Crippen molar-refractivity contribution < 1.29 is 28.6 Å². The highest BCUT2D eigenvalue weighted by Crippen LogP contribution is 2.16. The summed E-state index contributed by atoms with van der Waals surface area (Å²) in [6.45, 7) is 6.60. The summed E-state index contributed by atoms with van der Waals surface area (Å²) in [5.74, 6) is -0.931. The number of hydrogen-bond acceptors (Lipinski definition) is 6. The van der Waals surface area contributed by atoms with Crippen LogP contribution in [-0.4, -0.2) is 37.2 Å². The van der Waals surface area contributed by atoms with Gasteiger partial charge in [0.05, 0.1) is 0 Å². The van der Waals surface area contributed by atoms with Gasteiger partial charge in [-0.3, -0.25) is 14.4 Å². The van der Waals surface area contributed by atoms with Gasteiger partial charge in [-0.1, -0.05) is 274 Å². The standard InChI is InChI=1S/C65H116O6/c1-4-7-10-13-16-19-22-25-28-31-32-35-37-40-43-46-49-52-55-58-64(67)70-61-62(71-65(68)59-56-53-50-47-44-41-38-34-30-27-24-21-18-15-12-9-6-3)60-69-63(66)57-54-51-48-45-42-39-36-33-29-26-23-20-17-14-11-8-5-2/h16,19,25-26,28-29,36,39,45,48,62H,4-15,17-18,20-24,27,30-35,37-38,40-44,46-47,49-61H2,1-3H3/b19-16-,28-25-,29-26-,39-36-,48-45-/t62-/m0/s1. The molecule has 6 nitrogen and oxygen atoms in total. The van der Waals surface area contributed by atoms with Crippen LogP contribution in [0.3, 0.4) is 0 Å². The molecule has 0 heterocycles. The second kappa shape index (κ2) is 59.7. The molecule has 0 saturated heterocycles. The third-order valence-electron chi connectivity index (χ3n) is 13.5. The van der Waals surface area contributed by atoms with E-state index in [0.717, 1.165) is 64.2 Å². The van der Waals surface area contributed by atoms with Crippen LogP contribution in [0.15, 0.2) is 60.8 Å². The largest absolute Gasteiger partial charge is 0.462 e. The summed E-state index contributed by atoms with van der Waals surface area (Å²) in [6.07, 6.45) is 75.1. The van der Waals surface area contributed by atoms with E-state index in [-0.39, 0.29) is 31.1 Å². The Labute approximate surface area is 440 Å². The van der Waals surface area contributed by atoms with E-state index in [1.807, 2.05) is 0 Å². The number of hydrogen-bond donors (Lipinski definition) is 0. The summed E-state index contributed by atoms with van der Waals surface area (Å²) in [5, 5.41) is 0. The van der Waals surface area contributed by atoms with Crippen LogP contribution >= 0.6 is 0 Å². The molecule has 0 fully saturated rings. The molecule has 412 valence electrons. The fourth-order valence-corrected chi connectivity index (χ4v) is 8.84. The SMILES string of the molecule is CCCCC/C=C\C/C=C\CCCCCCCCCCCC(=O)OC[C@H](COC(=O)CCC/C=C\C/C=C\C/C=C\CCCCCCCC)OC(=O)CCCCCCCCCCCCCCCCCCC. The zero-order chi connectivity index (χ0) is 51.4. The number of carbonyl (C=O) groups excluding carboxylic acids is 3. The van der Waals surface area contributed by atoms with Crippen molar-refractivity contribution in [2.45, 2.75) is 322 Å². The lowest BCUT2D eigenvalue weighted by Gasteiger charge is -2.18. The molecule has 0 bridgehead atoms. The van der Waals surface area contributed by atoms with E-state index in [2.05, 4.69) is 81.5 Å². The van der Waals surface area contributed by atoms with Gasteiger partial charge >= 0.3 is 17.9 Å². The van der Waals surface area contributed by atoms with Crippen LogP contribution in [0.2, 0.25) is 0 Å². The topological polar surface area (TPSA) is 78.9 Å². The Kier molecular flexibility index (Phi) is 57.2. The van der Waals surface area contributed by atoms with E-state index in [9.17, 15) is 14.4 Å². The molecule has 0 spiro atoms. The second-order valence-corrected chi connectivity index (χ2v) is 20.6. The third-order valence-corrected chi connectivity index (χ3v) is 13.5. The molecule has 0 aromatic carbocycles. The smallest absolute Gasteiger partial charge is 0.306 e. The average Bonchev–Trinajstić information content (AvgIpc) is 3.37. The predicted molar refractivity (Wildman–Crippen MR) is 307 cm³/mol. The Bertz CT molecular complexity index is 1280. The fourth-order valence-electron chi connectivity index (χ4n) is 8.84. The third kappa shape index (κ3) is 57.9. The van der Waals surface area contributed by atoms with Crippen LogP contribution in [0.4, 0.5) is 0 Å². The van der Waals surface area contributed by atoms with Crippen molar-refractivity contribution in [3.05, 3.63) is 60.8 Å². The summed E-state index contributed by atoms with van der Waals surface area (Å²) in [4.78, 5) is 38.2. The van der Waals surface area contributed by atoms with E-state index < -0.39 is 6.10 Å². The molecule has 6 heteroatoms. The lowest BCUT2D eigenvalue weighted by molar-refractivity contribution is -0.167. The van der Waals surface area contributed by atoms with Crippen LogP contribution in [0, 0.1) is 0 Å². The molecule has 0 unspecified atom stereocenters. The van der Waals surface area contributed by atoms with Crippen molar-refractivity contribution in [1.29, 1.82) is 0 Å². The van der Waals surface area contributed by atoms with Crippen LogP contribution < -0.4 is 0 Å². The van der Waals surface area contributed by atoms with Crippen LogP contribution in [0.5, 0.6) is 0 Å². The van der Waals surface area contributed by atoms with Gasteiger partial charge in [0.25, 0.3) is 0 Å². The van der Waals surface area contributed by atoms with Gasteiger partial charge in [-0.2, -0.15) is 0 Å². The molecule has 0 aliphatic rings. The highest BCUT2D eigenvalue weighted by molar-refractivity contribution is 5.71. The van der Waals surface area contributed by atoms with Crippen molar-refractivity contribution in [2.75, 3.05) is 13.2 Å². The van der Waals surface area contributed by atoms with E-state index in [4.69, 9.17) is 14.2 Å². The number of allylic oxidation sites excluding steroid dienone is 10. The quantitative estimate of drug-likeness (QED) is 0.0261. The zero-order valence-corrected chi connectivity index (χ0v) is 47.2. The van der Waals surface area contributed by atoms with Crippen LogP contribution in [0.1, 0.15) is 316 Å². The predicted octanol–water partition coefficient (Wildman–Crippen LogP) is 20.8. The molecule has 0 aliphatic carbocycles. The number of unbranched alkanes of at least 4 members (excludes halogenated alkanes) is 35. The molecule has 0 radical (unpaired) electrons. The minimum atomic E-state index is -0.795. The van der Waals surface area contributed by atoms with Gasteiger partial charge in [-0.25, -0.2) is 0 Å². The summed E-state index contributed by atoms with van der Waals surface area (Å²) in [7, 11) is 0. The Hall–Kier alpha value is -2.89. The van der Waals surface area contributed by atoms with E-state index in [1.165, 1.54) is 205 Å². The summed E-state index contributed by atoms with van der Waals surface area (Å²) < 4.78 is 16.9. The molecule has 0 amide bonds. The van der Waals surface area contributed by atoms with E-state index in [1.54, 1.807) is 0 Å². The maximum absolute atomic E-state index is 12.9. The minimum Gasteiger partial charge on any atom is -0.462 e. The maximum atomic E-state index is 12.9. The van der Waals surface area contributed by atoms with Crippen molar-refractivity contribution in [1.82, 2.24) is 0 Å². The summed E-state index contributed by atoms with van der Waals surface area (Å²) in [5.41, 5.74) is 0. The first-order valence-electron chi connectivity index (χ1n) is 30.8. The number of carbonyl (C=O) groups is 3. The molecule has 0 N–H and O–H groups in total. The normalized spacial score (nSPS) is 12.4. The Morgan fingerprint density at radius 2 is 0.521 bits per heavy atom. The van der Waals surface area contributed by atoms with Crippen LogP contribution in [0.25, 0.3) is 0 Å². The highest BCUT2D eigenvalue weighted by Gasteiger charge is 2.19. The number of ether oxygens (including phenoxy) is 3. The van der Waals surface area contributed by atoms with Crippen molar-refractivity contribution in [3.63, 3.8) is 0 Å². The Balaban J connectivity index is 4.42. The molecule has 0 aliphatic heterocycles. The van der Waals surface area contributed by atoms with Gasteiger partial charge in [-0.15, -0.1) is 0 Å². The summed E-state index contributed by atoms with van der Waals surface area (Å²) >= 11 is 0. The minimum absolute atomic E-state index is 0.0892. The first kappa shape index (κ1) is 68.1. The van der Waals surface area contributed by atoms with Gasteiger partial charge < -0.3 is 14.2 Å². The van der Waals surface area contributed by atoms with E-state index in [0.29, 0.717) is 25.7 Å². The van der Waals surface area contributed by atoms with Gasteiger partial charge in [0.15, 0.2) is 6.10 Å². The van der Waals surface area contributed by atoms with Crippen molar-refractivity contribution >= 4 is 17.9 Å². The molecular weight excluding hydrogens is 877 g/mol. The van der Waals surface area contributed by atoms with Gasteiger partial charge in [0, 0.05) is 19.3 Å². The zero-order valence-electron chi connectivity index (χ0n) is 47.2. The van der Waals surface area contributed by atoms with Crippen molar-refractivity contribution in [3.8, 4) is 0 Å². The first-order chi connectivity index (χ1) is 35.0. The van der Waals surface area contributed by atoms with Gasteiger partial charge in [-0.05, 0) is 83.5 Å². The highest BCUT2D eigenvalue weighted by atomic mass is 16.6. The molecule has 71 heavy (non-hydrogen) atoms. The summed E-state index contributed by atoms with van der Waals surface area (Å²) in [6, 6.07) is 0. The second-order valence-electron chi connectivity index (χ2n) is 20.6. The number of esters is 3.